The summed E-state index contributed by atoms with van der Waals surface area (Å²) >= 11 is 0. The molecule has 0 aliphatic heterocycles. The lowest BCUT2D eigenvalue weighted by atomic mass is 10.3. The zero-order valence-electron chi connectivity index (χ0n) is 9.79. The van der Waals surface area contributed by atoms with Crippen molar-refractivity contribution in [2.24, 2.45) is 0 Å². The van der Waals surface area contributed by atoms with Crippen molar-refractivity contribution < 1.29 is 14.0 Å². The van der Waals surface area contributed by atoms with Gasteiger partial charge in [0.2, 0.25) is 11.8 Å². The quantitative estimate of drug-likeness (QED) is 0.784. The summed E-state index contributed by atoms with van der Waals surface area (Å²) < 4.78 is 12.8. The van der Waals surface area contributed by atoms with Crippen LogP contribution < -0.4 is 10.6 Å². The Kier molecular flexibility index (Phi) is 4.63. The minimum absolute atomic E-state index is 0.00975. The van der Waals surface area contributed by atoms with Crippen molar-refractivity contribution in [3.63, 3.8) is 0 Å². The molecule has 0 heterocycles. The molecule has 0 bridgehead atoms. The highest BCUT2D eigenvalue weighted by molar-refractivity contribution is 6.03. The van der Waals surface area contributed by atoms with E-state index in [0.29, 0.717) is 5.69 Å². The summed E-state index contributed by atoms with van der Waals surface area (Å²) in [6.45, 7) is 3.62. The van der Waals surface area contributed by atoms with E-state index in [1.165, 1.54) is 18.2 Å². The summed E-state index contributed by atoms with van der Waals surface area (Å²) in [5.41, 5.74) is 0.340. The Morgan fingerprint density at radius 1 is 1.29 bits per heavy atom. The standard InChI is InChI=1S/C12H15FN2O2/c1-8(2)14-11(16)7-12(17)15-10-5-3-4-9(13)6-10/h3-6,8H,7H2,1-2H3,(H,14,16)(H,15,17). The highest BCUT2D eigenvalue weighted by atomic mass is 19.1. The monoisotopic (exact) mass is 238 g/mol. The Bertz CT molecular complexity index is 419. The van der Waals surface area contributed by atoms with Crippen LogP contribution in [0.15, 0.2) is 24.3 Å². The fourth-order valence-electron chi connectivity index (χ4n) is 1.29. The number of carbonyl (C=O) groups excluding carboxylic acids is 2. The van der Waals surface area contributed by atoms with Gasteiger partial charge in [-0.1, -0.05) is 6.07 Å². The number of halogens is 1. The van der Waals surface area contributed by atoms with Crippen molar-refractivity contribution >= 4 is 17.5 Å². The molecule has 2 amide bonds. The molecule has 0 unspecified atom stereocenters. The van der Waals surface area contributed by atoms with Crippen molar-refractivity contribution in [1.29, 1.82) is 0 Å². The first-order chi connectivity index (χ1) is 7.97. The van der Waals surface area contributed by atoms with Gasteiger partial charge in [-0.3, -0.25) is 9.59 Å². The second-order valence-electron chi connectivity index (χ2n) is 3.96. The number of carbonyl (C=O) groups is 2. The molecular formula is C12H15FN2O2. The summed E-state index contributed by atoms with van der Waals surface area (Å²) in [4.78, 5) is 22.7. The van der Waals surface area contributed by atoms with Crippen molar-refractivity contribution in [2.45, 2.75) is 26.3 Å². The predicted octanol–water partition coefficient (Wildman–Crippen LogP) is 1.68. The molecule has 0 aliphatic carbocycles. The molecule has 2 N–H and O–H groups in total. The van der Waals surface area contributed by atoms with Gasteiger partial charge < -0.3 is 10.6 Å². The first-order valence-electron chi connectivity index (χ1n) is 5.32. The van der Waals surface area contributed by atoms with Crippen LogP contribution in [0.2, 0.25) is 0 Å². The molecule has 5 heteroatoms. The zero-order valence-corrected chi connectivity index (χ0v) is 9.79. The lowest BCUT2D eigenvalue weighted by Crippen LogP contribution is -2.33. The van der Waals surface area contributed by atoms with E-state index in [1.54, 1.807) is 6.07 Å². The lowest BCUT2D eigenvalue weighted by Gasteiger charge is -2.08. The Labute approximate surface area is 99.2 Å². The molecule has 0 fully saturated rings. The van der Waals surface area contributed by atoms with Crippen molar-refractivity contribution in [1.82, 2.24) is 5.32 Å². The molecule has 4 nitrogen and oxygen atoms in total. The van der Waals surface area contributed by atoms with E-state index in [1.807, 2.05) is 13.8 Å². The lowest BCUT2D eigenvalue weighted by molar-refractivity contribution is -0.127. The van der Waals surface area contributed by atoms with E-state index in [0.717, 1.165) is 0 Å². The van der Waals surface area contributed by atoms with Gasteiger partial charge in [-0.15, -0.1) is 0 Å². The molecule has 92 valence electrons. The van der Waals surface area contributed by atoms with Gasteiger partial charge in [-0.25, -0.2) is 4.39 Å². The summed E-state index contributed by atoms with van der Waals surface area (Å²) in [6.07, 6.45) is -0.269. The largest absolute Gasteiger partial charge is 0.353 e. The van der Waals surface area contributed by atoms with Crippen LogP contribution in [0, 0.1) is 5.82 Å². The molecule has 0 atom stereocenters. The van der Waals surface area contributed by atoms with Crippen molar-refractivity contribution in [2.75, 3.05) is 5.32 Å². The summed E-state index contributed by atoms with van der Waals surface area (Å²) in [5, 5.41) is 5.04. The van der Waals surface area contributed by atoms with E-state index in [-0.39, 0.29) is 18.4 Å². The highest BCUT2D eigenvalue weighted by Crippen LogP contribution is 2.09. The third-order valence-corrected chi connectivity index (χ3v) is 1.88. The molecule has 1 rings (SSSR count). The van der Waals surface area contributed by atoms with Gasteiger partial charge in [0.15, 0.2) is 0 Å². The summed E-state index contributed by atoms with van der Waals surface area (Å²) in [6, 6.07) is 5.50. The van der Waals surface area contributed by atoms with Gasteiger partial charge in [0.05, 0.1) is 0 Å². The van der Waals surface area contributed by atoms with Crippen LogP contribution in [-0.4, -0.2) is 17.9 Å². The Morgan fingerprint density at radius 3 is 2.59 bits per heavy atom. The molecule has 0 aromatic heterocycles. The van der Waals surface area contributed by atoms with Crippen LogP contribution in [0.3, 0.4) is 0 Å². The van der Waals surface area contributed by atoms with E-state index in [2.05, 4.69) is 10.6 Å². The molecule has 0 saturated heterocycles. The normalized spacial score (nSPS) is 10.1. The Morgan fingerprint density at radius 2 is 2.00 bits per heavy atom. The maximum absolute atomic E-state index is 12.8. The van der Waals surface area contributed by atoms with E-state index >= 15 is 0 Å². The number of hydrogen-bond acceptors (Lipinski definition) is 2. The van der Waals surface area contributed by atoms with Crippen molar-refractivity contribution in [3.05, 3.63) is 30.1 Å². The number of anilines is 1. The van der Waals surface area contributed by atoms with Gasteiger partial charge in [-0.2, -0.15) is 0 Å². The predicted molar refractivity (Wildman–Crippen MR) is 62.9 cm³/mol. The number of nitrogens with one attached hydrogen (secondary N) is 2. The van der Waals surface area contributed by atoms with Gasteiger partial charge in [0.1, 0.15) is 12.2 Å². The maximum atomic E-state index is 12.8. The van der Waals surface area contributed by atoms with Crippen LogP contribution in [0.4, 0.5) is 10.1 Å². The maximum Gasteiger partial charge on any atom is 0.233 e. The summed E-state index contributed by atoms with van der Waals surface area (Å²) in [7, 11) is 0. The average molecular weight is 238 g/mol. The minimum Gasteiger partial charge on any atom is -0.353 e. The molecule has 0 spiro atoms. The van der Waals surface area contributed by atoms with Crippen LogP contribution in [0.5, 0.6) is 0 Å². The van der Waals surface area contributed by atoms with Crippen LogP contribution in [-0.2, 0) is 9.59 Å². The smallest absolute Gasteiger partial charge is 0.233 e. The SMILES string of the molecule is CC(C)NC(=O)CC(=O)Nc1cccc(F)c1. The topological polar surface area (TPSA) is 58.2 Å². The number of hydrogen-bond donors (Lipinski definition) is 2. The fourth-order valence-corrected chi connectivity index (χ4v) is 1.29. The van der Waals surface area contributed by atoms with Gasteiger partial charge >= 0.3 is 0 Å². The Balaban J connectivity index is 2.47. The number of rotatable bonds is 4. The van der Waals surface area contributed by atoms with Gasteiger partial charge in [-0.05, 0) is 32.0 Å². The molecule has 0 saturated carbocycles. The van der Waals surface area contributed by atoms with Gasteiger partial charge in [0.25, 0.3) is 0 Å². The molecule has 17 heavy (non-hydrogen) atoms. The molecular weight excluding hydrogens is 223 g/mol. The summed E-state index contributed by atoms with van der Waals surface area (Å²) in [5.74, 6) is -1.25. The molecule has 1 aromatic carbocycles. The Hall–Kier alpha value is -1.91. The molecule has 0 aliphatic rings. The zero-order chi connectivity index (χ0) is 12.8. The van der Waals surface area contributed by atoms with Crippen molar-refractivity contribution in [3.8, 4) is 0 Å². The van der Waals surface area contributed by atoms with Crippen LogP contribution >= 0.6 is 0 Å². The first kappa shape index (κ1) is 13.2. The van der Waals surface area contributed by atoms with Crippen LogP contribution in [0.25, 0.3) is 0 Å². The van der Waals surface area contributed by atoms with E-state index in [4.69, 9.17) is 0 Å². The van der Waals surface area contributed by atoms with Gasteiger partial charge in [0, 0.05) is 11.7 Å². The second kappa shape index (κ2) is 5.98. The molecule has 0 radical (unpaired) electrons. The number of amides is 2. The number of benzene rings is 1. The molecule has 1 aromatic rings. The highest BCUT2D eigenvalue weighted by Gasteiger charge is 2.10. The first-order valence-corrected chi connectivity index (χ1v) is 5.32. The van der Waals surface area contributed by atoms with E-state index < -0.39 is 11.7 Å². The third kappa shape index (κ3) is 5.10. The third-order valence-electron chi connectivity index (χ3n) is 1.88. The van der Waals surface area contributed by atoms with Crippen LogP contribution in [0.1, 0.15) is 20.3 Å². The second-order valence-corrected chi connectivity index (χ2v) is 3.96. The minimum atomic E-state index is -0.464. The average Bonchev–Trinajstić information content (AvgIpc) is 2.14. The fraction of sp³-hybridized carbons (Fsp3) is 0.333. The van der Waals surface area contributed by atoms with E-state index in [9.17, 15) is 14.0 Å².